The zero-order valence-corrected chi connectivity index (χ0v) is 8.81. The van der Waals surface area contributed by atoms with E-state index in [0.29, 0.717) is 5.56 Å². The van der Waals surface area contributed by atoms with Crippen LogP contribution in [0.1, 0.15) is 5.56 Å². The topological polar surface area (TPSA) is 92.8 Å². The van der Waals surface area contributed by atoms with Gasteiger partial charge in [-0.05, 0) is 5.56 Å². The van der Waals surface area contributed by atoms with Crippen molar-refractivity contribution in [3.63, 3.8) is 0 Å². The van der Waals surface area contributed by atoms with Gasteiger partial charge < -0.3 is 10.9 Å². The van der Waals surface area contributed by atoms with Gasteiger partial charge in [-0.25, -0.2) is 8.42 Å². The Hall–Kier alpha value is -1.56. The van der Waals surface area contributed by atoms with E-state index in [1.54, 1.807) is 30.3 Å². The van der Waals surface area contributed by atoms with Crippen molar-refractivity contribution in [2.24, 2.45) is 10.9 Å². The zero-order valence-electron chi connectivity index (χ0n) is 8.00. The Kier molecular flexibility index (Phi) is 3.68. The Morgan fingerprint density at radius 1 is 1.33 bits per heavy atom. The van der Waals surface area contributed by atoms with E-state index in [1.807, 2.05) is 0 Å². The molecule has 0 saturated heterocycles. The zero-order chi connectivity index (χ0) is 11.3. The van der Waals surface area contributed by atoms with E-state index in [2.05, 4.69) is 5.16 Å². The molecular weight excluding hydrogens is 216 g/mol. The van der Waals surface area contributed by atoms with Crippen LogP contribution in [0.15, 0.2) is 35.5 Å². The van der Waals surface area contributed by atoms with E-state index >= 15 is 0 Å². The number of hydrogen-bond acceptors (Lipinski definition) is 4. The van der Waals surface area contributed by atoms with E-state index in [1.165, 1.54) is 0 Å². The second kappa shape index (κ2) is 4.79. The Morgan fingerprint density at radius 2 is 1.93 bits per heavy atom. The van der Waals surface area contributed by atoms with Crippen molar-refractivity contribution in [1.29, 1.82) is 0 Å². The summed E-state index contributed by atoms with van der Waals surface area (Å²) >= 11 is 0. The minimum atomic E-state index is -3.36. The highest BCUT2D eigenvalue weighted by Crippen LogP contribution is 2.05. The molecule has 0 aliphatic heterocycles. The SMILES string of the molecule is N/C(CS(=O)(=O)Cc1ccccc1)=N\O. The standard InChI is InChI=1S/C9H12N2O3S/c10-9(11-12)7-15(13,14)6-8-4-2-1-3-5-8/h1-5,12H,6-7H2,(H2,10,11). The molecule has 0 bridgehead atoms. The second-order valence-electron chi connectivity index (χ2n) is 3.11. The molecule has 0 atom stereocenters. The van der Waals surface area contributed by atoms with Crippen LogP contribution in [0.4, 0.5) is 0 Å². The van der Waals surface area contributed by atoms with E-state index in [9.17, 15) is 8.42 Å². The van der Waals surface area contributed by atoms with Gasteiger partial charge in [-0.3, -0.25) is 0 Å². The predicted octanol–water partition coefficient (Wildman–Crippen LogP) is 0.348. The second-order valence-corrected chi connectivity index (χ2v) is 5.17. The van der Waals surface area contributed by atoms with E-state index in [-0.39, 0.29) is 11.6 Å². The molecule has 3 N–H and O–H groups in total. The molecule has 82 valence electrons. The van der Waals surface area contributed by atoms with Crippen LogP contribution >= 0.6 is 0 Å². The van der Waals surface area contributed by atoms with Gasteiger partial charge in [-0.1, -0.05) is 35.5 Å². The number of sulfone groups is 1. The quantitative estimate of drug-likeness (QED) is 0.336. The minimum Gasteiger partial charge on any atom is -0.409 e. The summed E-state index contributed by atoms with van der Waals surface area (Å²) < 4.78 is 23.0. The average Bonchev–Trinajstić information content (AvgIpc) is 2.17. The third-order valence-electron chi connectivity index (χ3n) is 1.73. The fourth-order valence-electron chi connectivity index (χ4n) is 1.13. The highest BCUT2D eigenvalue weighted by atomic mass is 32.2. The summed E-state index contributed by atoms with van der Waals surface area (Å²) in [6, 6.07) is 8.75. The van der Waals surface area contributed by atoms with Gasteiger partial charge in [0.2, 0.25) is 0 Å². The fraction of sp³-hybridized carbons (Fsp3) is 0.222. The highest BCUT2D eigenvalue weighted by molar-refractivity contribution is 7.91. The van der Waals surface area contributed by atoms with E-state index in [0.717, 1.165) is 0 Å². The normalized spacial score (nSPS) is 12.7. The van der Waals surface area contributed by atoms with Crippen LogP contribution in [-0.4, -0.2) is 25.2 Å². The molecule has 0 radical (unpaired) electrons. The van der Waals surface area contributed by atoms with Crippen molar-refractivity contribution in [2.75, 3.05) is 5.75 Å². The van der Waals surface area contributed by atoms with Crippen LogP contribution in [0.3, 0.4) is 0 Å². The molecule has 0 aliphatic carbocycles. The summed E-state index contributed by atoms with van der Waals surface area (Å²) in [5.41, 5.74) is 5.82. The summed E-state index contributed by atoms with van der Waals surface area (Å²) in [5.74, 6) is -0.839. The lowest BCUT2D eigenvalue weighted by Crippen LogP contribution is -2.24. The van der Waals surface area contributed by atoms with Crippen LogP contribution < -0.4 is 5.73 Å². The van der Waals surface area contributed by atoms with E-state index < -0.39 is 15.6 Å². The molecule has 0 unspecified atom stereocenters. The molecular formula is C9H12N2O3S. The number of rotatable bonds is 4. The molecule has 0 saturated carbocycles. The largest absolute Gasteiger partial charge is 0.409 e. The van der Waals surface area contributed by atoms with Crippen LogP contribution in [0, 0.1) is 0 Å². The van der Waals surface area contributed by atoms with Gasteiger partial charge in [-0.15, -0.1) is 0 Å². The molecule has 5 nitrogen and oxygen atoms in total. The lowest BCUT2D eigenvalue weighted by Gasteiger charge is -2.02. The van der Waals surface area contributed by atoms with Gasteiger partial charge in [0.25, 0.3) is 0 Å². The Labute approximate surface area is 88.1 Å². The summed E-state index contributed by atoms with van der Waals surface area (Å²) in [6.07, 6.45) is 0. The first-order valence-electron chi connectivity index (χ1n) is 4.24. The van der Waals surface area contributed by atoms with Gasteiger partial charge in [0, 0.05) is 0 Å². The monoisotopic (exact) mass is 228 g/mol. The number of nitrogens with two attached hydrogens (primary N) is 1. The van der Waals surface area contributed by atoms with Gasteiger partial charge in [0.15, 0.2) is 15.7 Å². The van der Waals surface area contributed by atoms with Gasteiger partial charge in [-0.2, -0.15) is 0 Å². The molecule has 0 fully saturated rings. The van der Waals surface area contributed by atoms with Crippen LogP contribution in [0.25, 0.3) is 0 Å². The molecule has 1 aromatic rings. The minimum absolute atomic E-state index is 0.107. The van der Waals surface area contributed by atoms with Gasteiger partial charge >= 0.3 is 0 Å². The number of oxime groups is 1. The molecule has 15 heavy (non-hydrogen) atoms. The molecule has 0 aliphatic rings. The molecule has 0 heterocycles. The van der Waals surface area contributed by atoms with Crippen LogP contribution in [0.2, 0.25) is 0 Å². The molecule has 6 heteroatoms. The van der Waals surface area contributed by atoms with Crippen molar-refractivity contribution in [3.05, 3.63) is 35.9 Å². The first-order chi connectivity index (χ1) is 7.03. The molecule has 0 spiro atoms. The molecule has 0 amide bonds. The summed E-state index contributed by atoms with van der Waals surface area (Å²) in [7, 11) is -3.36. The van der Waals surface area contributed by atoms with Gasteiger partial charge in [0.1, 0.15) is 5.75 Å². The van der Waals surface area contributed by atoms with Crippen molar-refractivity contribution in [3.8, 4) is 0 Å². The highest BCUT2D eigenvalue weighted by Gasteiger charge is 2.14. The molecule has 1 rings (SSSR count). The summed E-state index contributed by atoms with van der Waals surface area (Å²) in [4.78, 5) is 0. The van der Waals surface area contributed by atoms with Crippen molar-refractivity contribution in [2.45, 2.75) is 5.75 Å². The van der Waals surface area contributed by atoms with E-state index in [4.69, 9.17) is 10.9 Å². The van der Waals surface area contributed by atoms with Crippen molar-refractivity contribution < 1.29 is 13.6 Å². The van der Waals surface area contributed by atoms with Crippen molar-refractivity contribution >= 4 is 15.7 Å². The number of hydrogen-bond donors (Lipinski definition) is 2. The molecule has 0 aromatic heterocycles. The third-order valence-corrected chi connectivity index (χ3v) is 3.23. The maximum absolute atomic E-state index is 11.5. The van der Waals surface area contributed by atoms with Crippen molar-refractivity contribution in [1.82, 2.24) is 0 Å². The van der Waals surface area contributed by atoms with Crippen LogP contribution in [-0.2, 0) is 15.6 Å². The van der Waals surface area contributed by atoms with Gasteiger partial charge in [0.05, 0.1) is 5.75 Å². The lowest BCUT2D eigenvalue weighted by atomic mass is 10.2. The predicted molar refractivity (Wildman–Crippen MR) is 57.3 cm³/mol. The maximum atomic E-state index is 11.5. The summed E-state index contributed by atoms with van der Waals surface area (Å²) in [5, 5.41) is 10.9. The maximum Gasteiger partial charge on any atom is 0.161 e. The lowest BCUT2D eigenvalue weighted by molar-refractivity contribution is 0.318. The molecule has 1 aromatic carbocycles. The Bertz CT molecular complexity index is 440. The third kappa shape index (κ3) is 3.99. The fourth-order valence-corrected chi connectivity index (χ4v) is 2.44. The summed E-state index contributed by atoms with van der Waals surface area (Å²) in [6.45, 7) is 0. The Balaban J connectivity index is 2.74. The number of nitrogens with zero attached hydrogens (tertiary/aromatic N) is 1. The van der Waals surface area contributed by atoms with Crippen LogP contribution in [0.5, 0.6) is 0 Å². The first-order valence-corrected chi connectivity index (χ1v) is 6.06. The Morgan fingerprint density at radius 3 is 2.47 bits per heavy atom. The number of benzene rings is 1. The average molecular weight is 228 g/mol. The number of amidine groups is 1. The smallest absolute Gasteiger partial charge is 0.161 e. The first kappa shape index (κ1) is 11.5.